The SMILES string of the molecule is CCc1nn(C)c(C(=O)NCC2(CC)CC2)c1N. The lowest BCUT2D eigenvalue weighted by atomic mass is 10.0. The van der Waals surface area contributed by atoms with Gasteiger partial charge < -0.3 is 11.1 Å². The number of aryl methyl sites for hydroxylation is 2. The number of nitrogens with one attached hydrogen (secondary N) is 1. The largest absolute Gasteiger partial charge is 0.395 e. The number of carbonyl (C=O) groups is 1. The number of hydrogen-bond donors (Lipinski definition) is 2. The van der Waals surface area contributed by atoms with Crippen molar-refractivity contribution in [2.24, 2.45) is 12.5 Å². The Morgan fingerprint density at radius 1 is 1.50 bits per heavy atom. The van der Waals surface area contributed by atoms with Crippen molar-refractivity contribution in [1.82, 2.24) is 15.1 Å². The van der Waals surface area contributed by atoms with E-state index in [1.165, 1.54) is 12.8 Å². The summed E-state index contributed by atoms with van der Waals surface area (Å²) in [6, 6.07) is 0. The van der Waals surface area contributed by atoms with Crippen LogP contribution in [0, 0.1) is 5.41 Å². The molecule has 5 nitrogen and oxygen atoms in total. The van der Waals surface area contributed by atoms with Gasteiger partial charge in [0.1, 0.15) is 5.69 Å². The number of amides is 1. The third-order valence-corrected chi connectivity index (χ3v) is 4.04. The van der Waals surface area contributed by atoms with Crippen LogP contribution in [0.25, 0.3) is 0 Å². The predicted octanol–water partition coefficient (Wildman–Crippen LogP) is 1.48. The lowest BCUT2D eigenvalue weighted by molar-refractivity contribution is 0.0936. The summed E-state index contributed by atoms with van der Waals surface area (Å²) in [7, 11) is 1.76. The molecular weight excluding hydrogens is 228 g/mol. The molecule has 0 unspecified atom stereocenters. The van der Waals surface area contributed by atoms with Crippen molar-refractivity contribution >= 4 is 11.6 Å². The number of aromatic nitrogens is 2. The summed E-state index contributed by atoms with van der Waals surface area (Å²) in [6.07, 6.45) is 4.29. The highest BCUT2D eigenvalue weighted by atomic mass is 16.2. The standard InChI is InChI=1S/C13H22N4O/c1-4-9-10(14)11(17(3)16-9)12(18)15-8-13(5-2)6-7-13/h4-8,14H2,1-3H3,(H,15,18). The number of anilines is 1. The van der Waals surface area contributed by atoms with E-state index in [-0.39, 0.29) is 5.91 Å². The zero-order valence-electron chi connectivity index (χ0n) is 11.4. The summed E-state index contributed by atoms with van der Waals surface area (Å²) in [5, 5.41) is 7.25. The molecule has 18 heavy (non-hydrogen) atoms. The summed E-state index contributed by atoms with van der Waals surface area (Å²) in [6.45, 7) is 4.90. The molecule has 1 saturated carbocycles. The van der Waals surface area contributed by atoms with Crippen LogP contribution < -0.4 is 11.1 Å². The molecule has 5 heteroatoms. The van der Waals surface area contributed by atoms with Gasteiger partial charge in [-0.2, -0.15) is 5.10 Å². The second-order valence-electron chi connectivity index (χ2n) is 5.22. The highest BCUT2D eigenvalue weighted by Crippen LogP contribution is 2.47. The van der Waals surface area contributed by atoms with Gasteiger partial charge in [0.15, 0.2) is 0 Å². The molecule has 0 atom stereocenters. The third kappa shape index (κ3) is 2.21. The first-order chi connectivity index (χ1) is 8.53. The van der Waals surface area contributed by atoms with Crippen LogP contribution in [0.2, 0.25) is 0 Å². The molecule has 1 heterocycles. The van der Waals surface area contributed by atoms with Gasteiger partial charge in [0.25, 0.3) is 5.91 Å². The molecule has 1 fully saturated rings. The summed E-state index contributed by atoms with van der Waals surface area (Å²) in [5.41, 5.74) is 8.09. The Morgan fingerprint density at radius 2 is 2.17 bits per heavy atom. The van der Waals surface area contributed by atoms with Crippen molar-refractivity contribution in [3.8, 4) is 0 Å². The van der Waals surface area contributed by atoms with E-state index in [1.54, 1.807) is 11.7 Å². The van der Waals surface area contributed by atoms with Crippen LogP contribution >= 0.6 is 0 Å². The molecule has 1 amide bonds. The molecular formula is C13H22N4O. The maximum Gasteiger partial charge on any atom is 0.271 e. The van der Waals surface area contributed by atoms with Crippen LogP contribution in [-0.4, -0.2) is 22.2 Å². The van der Waals surface area contributed by atoms with Gasteiger partial charge in [-0.05, 0) is 31.1 Å². The van der Waals surface area contributed by atoms with E-state index in [0.29, 0.717) is 16.8 Å². The Bertz CT molecular complexity index is 460. The highest BCUT2D eigenvalue weighted by Gasteiger charge is 2.40. The quantitative estimate of drug-likeness (QED) is 0.831. The normalized spacial score (nSPS) is 16.6. The van der Waals surface area contributed by atoms with Gasteiger partial charge in [0.05, 0.1) is 11.4 Å². The van der Waals surface area contributed by atoms with Gasteiger partial charge in [0.2, 0.25) is 0 Å². The Kier molecular flexibility index (Phi) is 3.32. The minimum atomic E-state index is -0.109. The van der Waals surface area contributed by atoms with Crippen LogP contribution in [0.3, 0.4) is 0 Å². The molecule has 0 aromatic carbocycles. The molecule has 1 aromatic rings. The Balaban J connectivity index is 2.07. The molecule has 0 radical (unpaired) electrons. The average molecular weight is 250 g/mol. The smallest absolute Gasteiger partial charge is 0.271 e. The fraction of sp³-hybridized carbons (Fsp3) is 0.692. The highest BCUT2D eigenvalue weighted by molar-refractivity contribution is 5.98. The lowest BCUT2D eigenvalue weighted by Gasteiger charge is -2.13. The summed E-state index contributed by atoms with van der Waals surface area (Å²) < 4.78 is 1.58. The summed E-state index contributed by atoms with van der Waals surface area (Å²) in [4.78, 5) is 12.2. The van der Waals surface area contributed by atoms with Crippen molar-refractivity contribution in [2.45, 2.75) is 39.5 Å². The third-order valence-electron chi connectivity index (χ3n) is 4.04. The molecule has 0 spiro atoms. The van der Waals surface area contributed by atoms with Crippen LogP contribution in [-0.2, 0) is 13.5 Å². The second kappa shape index (κ2) is 4.63. The first-order valence-corrected chi connectivity index (χ1v) is 6.62. The van der Waals surface area contributed by atoms with E-state index < -0.39 is 0 Å². The van der Waals surface area contributed by atoms with E-state index in [2.05, 4.69) is 17.3 Å². The number of nitrogens with two attached hydrogens (primary N) is 1. The molecule has 0 aliphatic heterocycles. The summed E-state index contributed by atoms with van der Waals surface area (Å²) >= 11 is 0. The first kappa shape index (κ1) is 12.9. The molecule has 1 aliphatic carbocycles. The van der Waals surface area contributed by atoms with Crippen molar-refractivity contribution < 1.29 is 4.79 Å². The van der Waals surface area contributed by atoms with Crippen LogP contribution in [0.15, 0.2) is 0 Å². The molecule has 1 aliphatic rings. The number of nitrogens with zero attached hydrogens (tertiary/aromatic N) is 2. The molecule has 0 bridgehead atoms. The molecule has 100 valence electrons. The Hall–Kier alpha value is -1.52. The number of rotatable bonds is 5. The number of nitrogen functional groups attached to an aromatic ring is 1. The first-order valence-electron chi connectivity index (χ1n) is 6.62. The number of hydrogen-bond acceptors (Lipinski definition) is 3. The molecule has 3 N–H and O–H groups in total. The van der Waals surface area contributed by atoms with Crippen LogP contribution in [0.4, 0.5) is 5.69 Å². The van der Waals surface area contributed by atoms with Gasteiger partial charge in [-0.1, -0.05) is 13.8 Å². The minimum absolute atomic E-state index is 0.109. The van der Waals surface area contributed by atoms with Gasteiger partial charge in [0, 0.05) is 13.6 Å². The number of carbonyl (C=O) groups excluding carboxylic acids is 1. The fourth-order valence-electron chi connectivity index (χ4n) is 2.31. The van der Waals surface area contributed by atoms with Crippen molar-refractivity contribution in [3.05, 3.63) is 11.4 Å². The fourth-order valence-corrected chi connectivity index (χ4v) is 2.31. The maximum absolute atomic E-state index is 12.2. The zero-order valence-corrected chi connectivity index (χ0v) is 11.4. The second-order valence-corrected chi connectivity index (χ2v) is 5.22. The lowest BCUT2D eigenvalue weighted by Crippen LogP contribution is -2.31. The predicted molar refractivity (Wildman–Crippen MR) is 71.3 cm³/mol. The van der Waals surface area contributed by atoms with Gasteiger partial charge in [-0.15, -0.1) is 0 Å². The molecule has 0 saturated heterocycles. The van der Waals surface area contributed by atoms with Crippen molar-refractivity contribution in [1.29, 1.82) is 0 Å². The zero-order chi connectivity index (χ0) is 13.3. The molecule has 1 aromatic heterocycles. The Morgan fingerprint density at radius 3 is 2.61 bits per heavy atom. The van der Waals surface area contributed by atoms with Crippen LogP contribution in [0.1, 0.15) is 49.3 Å². The van der Waals surface area contributed by atoms with Gasteiger partial charge >= 0.3 is 0 Å². The van der Waals surface area contributed by atoms with E-state index in [9.17, 15) is 4.79 Å². The maximum atomic E-state index is 12.2. The van der Waals surface area contributed by atoms with E-state index in [1.807, 2.05) is 6.92 Å². The average Bonchev–Trinajstić information content (AvgIpc) is 3.08. The minimum Gasteiger partial charge on any atom is -0.395 e. The Labute approximate surface area is 108 Å². The van der Waals surface area contributed by atoms with E-state index in [0.717, 1.165) is 25.1 Å². The van der Waals surface area contributed by atoms with Gasteiger partial charge in [-0.3, -0.25) is 9.48 Å². The van der Waals surface area contributed by atoms with E-state index in [4.69, 9.17) is 5.73 Å². The topological polar surface area (TPSA) is 72.9 Å². The van der Waals surface area contributed by atoms with Crippen LogP contribution in [0.5, 0.6) is 0 Å². The van der Waals surface area contributed by atoms with Gasteiger partial charge in [-0.25, -0.2) is 0 Å². The van der Waals surface area contributed by atoms with Crippen molar-refractivity contribution in [2.75, 3.05) is 12.3 Å². The van der Waals surface area contributed by atoms with Crippen molar-refractivity contribution in [3.63, 3.8) is 0 Å². The van der Waals surface area contributed by atoms with E-state index >= 15 is 0 Å². The summed E-state index contributed by atoms with van der Waals surface area (Å²) in [5.74, 6) is -0.109. The molecule has 2 rings (SSSR count). The monoisotopic (exact) mass is 250 g/mol.